The molecule has 0 aromatic heterocycles. The number of hydrogen-bond donors (Lipinski definition) is 1. The van der Waals surface area contributed by atoms with Crippen LogP contribution in [0, 0.1) is 11.8 Å². The minimum absolute atomic E-state index is 0.947. The summed E-state index contributed by atoms with van der Waals surface area (Å²) in [5.41, 5.74) is 0. The molecule has 3 heteroatoms. The molecule has 0 amide bonds. The fourth-order valence-electron chi connectivity index (χ4n) is 3.12. The molecule has 2 aliphatic rings. The Balaban J connectivity index is 1.51. The van der Waals surface area contributed by atoms with Gasteiger partial charge in [-0.2, -0.15) is 0 Å². The van der Waals surface area contributed by atoms with E-state index < -0.39 is 0 Å². The monoisotopic (exact) mass is 239 g/mol. The molecular formula is C14H29N3. The standard InChI is InChI=1S/C14H29N3/c1-13-4-3-5-14(13)12-15-6-7-17-10-8-16(2)9-11-17/h13-15H,3-12H2,1-2H3. The summed E-state index contributed by atoms with van der Waals surface area (Å²) >= 11 is 0. The smallest absolute Gasteiger partial charge is 0.0110 e. The molecule has 0 bridgehead atoms. The molecular weight excluding hydrogens is 210 g/mol. The molecule has 0 aromatic rings. The molecule has 2 fully saturated rings. The summed E-state index contributed by atoms with van der Waals surface area (Å²) in [7, 11) is 2.22. The highest BCUT2D eigenvalue weighted by molar-refractivity contribution is 4.76. The van der Waals surface area contributed by atoms with E-state index in [0.717, 1.165) is 11.8 Å². The quantitative estimate of drug-likeness (QED) is 0.729. The van der Waals surface area contributed by atoms with Gasteiger partial charge in [-0.1, -0.05) is 19.8 Å². The Kier molecular flexibility index (Phi) is 5.26. The molecule has 1 aliphatic heterocycles. The van der Waals surface area contributed by atoms with E-state index in [1.165, 1.54) is 65.1 Å². The number of likely N-dealkylation sites (N-methyl/N-ethyl adjacent to an activating group) is 1. The largest absolute Gasteiger partial charge is 0.315 e. The van der Waals surface area contributed by atoms with E-state index >= 15 is 0 Å². The average molecular weight is 239 g/mol. The van der Waals surface area contributed by atoms with Crippen LogP contribution in [-0.4, -0.2) is 62.7 Å². The molecule has 1 N–H and O–H groups in total. The van der Waals surface area contributed by atoms with Gasteiger partial charge in [0.25, 0.3) is 0 Å². The van der Waals surface area contributed by atoms with Crippen molar-refractivity contribution in [1.29, 1.82) is 0 Å². The van der Waals surface area contributed by atoms with Crippen LogP contribution in [0.3, 0.4) is 0 Å². The van der Waals surface area contributed by atoms with Gasteiger partial charge in [-0.05, 0) is 31.8 Å². The van der Waals surface area contributed by atoms with Crippen molar-refractivity contribution in [1.82, 2.24) is 15.1 Å². The molecule has 2 atom stereocenters. The van der Waals surface area contributed by atoms with Gasteiger partial charge in [-0.15, -0.1) is 0 Å². The first-order valence-electron chi connectivity index (χ1n) is 7.37. The maximum Gasteiger partial charge on any atom is 0.0110 e. The van der Waals surface area contributed by atoms with E-state index in [1.54, 1.807) is 0 Å². The Morgan fingerprint density at radius 1 is 1.12 bits per heavy atom. The summed E-state index contributed by atoms with van der Waals surface area (Å²) in [5, 5.41) is 3.66. The van der Waals surface area contributed by atoms with E-state index in [1.807, 2.05) is 0 Å². The lowest BCUT2D eigenvalue weighted by molar-refractivity contribution is 0.154. The van der Waals surface area contributed by atoms with Crippen LogP contribution >= 0.6 is 0 Å². The Morgan fingerprint density at radius 3 is 2.53 bits per heavy atom. The highest BCUT2D eigenvalue weighted by atomic mass is 15.2. The zero-order valence-electron chi connectivity index (χ0n) is 11.6. The third-order valence-electron chi connectivity index (χ3n) is 4.65. The second-order valence-corrected chi connectivity index (χ2v) is 6.02. The molecule has 0 spiro atoms. The maximum atomic E-state index is 3.66. The SMILES string of the molecule is CC1CCCC1CNCCN1CCN(C)CC1. The van der Waals surface area contributed by atoms with Crippen LogP contribution in [0.5, 0.6) is 0 Å². The predicted octanol–water partition coefficient (Wildman–Crippen LogP) is 1.26. The lowest BCUT2D eigenvalue weighted by Gasteiger charge is -2.32. The van der Waals surface area contributed by atoms with Crippen molar-refractivity contribution in [2.75, 3.05) is 52.9 Å². The average Bonchev–Trinajstić information content (AvgIpc) is 2.73. The first-order valence-corrected chi connectivity index (χ1v) is 7.37. The summed E-state index contributed by atoms with van der Waals surface area (Å²) in [4.78, 5) is 5.01. The predicted molar refractivity (Wildman–Crippen MR) is 73.3 cm³/mol. The minimum Gasteiger partial charge on any atom is -0.315 e. The molecule has 17 heavy (non-hydrogen) atoms. The van der Waals surface area contributed by atoms with Gasteiger partial charge in [0.15, 0.2) is 0 Å². The number of rotatable bonds is 5. The number of nitrogens with zero attached hydrogens (tertiary/aromatic N) is 2. The summed E-state index contributed by atoms with van der Waals surface area (Å²) in [5.74, 6) is 1.90. The minimum atomic E-state index is 0.947. The maximum absolute atomic E-state index is 3.66. The third kappa shape index (κ3) is 4.23. The van der Waals surface area contributed by atoms with Gasteiger partial charge < -0.3 is 10.2 Å². The van der Waals surface area contributed by atoms with Gasteiger partial charge in [-0.3, -0.25) is 4.90 Å². The Labute approximate surface area is 107 Å². The molecule has 0 radical (unpaired) electrons. The van der Waals surface area contributed by atoms with Gasteiger partial charge in [0.2, 0.25) is 0 Å². The van der Waals surface area contributed by atoms with Crippen LogP contribution in [0.4, 0.5) is 0 Å². The second kappa shape index (κ2) is 6.72. The molecule has 3 nitrogen and oxygen atoms in total. The molecule has 1 aliphatic carbocycles. The molecule has 1 saturated carbocycles. The van der Waals surface area contributed by atoms with Crippen molar-refractivity contribution in [2.24, 2.45) is 11.8 Å². The van der Waals surface area contributed by atoms with Crippen molar-refractivity contribution in [2.45, 2.75) is 26.2 Å². The summed E-state index contributed by atoms with van der Waals surface area (Å²) < 4.78 is 0. The molecule has 2 unspecified atom stereocenters. The molecule has 0 aromatic carbocycles. The zero-order valence-corrected chi connectivity index (χ0v) is 11.6. The lowest BCUT2D eigenvalue weighted by atomic mass is 9.98. The van der Waals surface area contributed by atoms with Crippen LogP contribution in [-0.2, 0) is 0 Å². The summed E-state index contributed by atoms with van der Waals surface area (Å²) in [6.45, 7) is 11.0. The van der Waals surface area contributed by atoms with Crippen molar-refractivity contribution >= 4 is 0 Å². The van der Waals surface area contributed by atoms with Crippen molar-refractivity contribution in [3.63, 3.8) is 0 Å². The van der Waals surface area contributed by atoms with Crippen molar-refractivity contribution in [3.8, 4) is 0 Å². The summed E-state index contributed by atoms with van der Waals surface area (Å²) in [6.07, 6.45) is 4.35. The van der Waals surface area contributed by atoms with Crippen LogP contribution in [0.15, 0.2) is 0 Å². The van der Waals surface area contributed by atoms with Gasteiger partial charge >= 0.3 is 0 Å². The Hall–Kier alpha value is -0.120. The normalized spacial score (nSPS) is 32.1. The van der Waals surface area contributed by atoms with Crippen LogP contribution in [0.25, 0.3) is 0 Å². The third-order valence-corrected chi connectivity index (χ3v) is 4.65. The van der Waals surface area contributed by atoms with Crippen molar-refractivity contribution in [3.05, 3.63) is 0 Å². The number of nitrogens with one attached hydrogen (secondary N) is 1. The fraction of sp³-hybridized carbons (Fsp3) is 1.00. The number of hydrogen-bond acceptors (Lipinski definition) is 3. The summed E-state index contributed by atoms with van der Waals surface area (Å²) in [6, 6.07) is 0. The molecule has 100 valence electrons. The van der Waals surface area contributed by atoms with Crippen molar-refractivity contribution < 1.29 is 0 Å². The van der Waals surface area contributed by atoms with Crippen LogP contribution in [0.2, 0.25) is 0 Å². The van der Waals surface area contributed by atoms with Gasteiger partial charge in [0, 0.05) is 39.3 Å². The Morgan fingerprint density at radius 2 is 1.88 bits per heavy atom. The lowest BCUT2D eigenvalue weighted by Crippen LogP contribution is -2.46. The highest BCUT2D eigenvalue weighted by Gasteiger charge is 2.22. The van der Waals surface area contributed by atoms with Crippen LogP contribution < -0.4 is 5.32 Å². The topological polar surface area (TPSA) is 18.5 Å². The fourth-order valence-corrected chi connectivity index (χ4v) is 3.12. The molecule has 1 heterocycles. The Bertz CT molecular complexity index is 212. The molecule has 2 rings (SSSR count). The van der Waals surface area contributed by atoms with Gasteiger partial charge in [0.1, 0.15) is 0 Å². The highest BCUT2D eigenvalue weighted by Crippen LogP contribution is 2.30. The molecule has 1 saturated heterocycles. The number of piperazine rings is 1. The van der Waals surface area contributed by atoms with E-state index in [0.29, 0.717) is 0 Å². The van der Waals surface area contributed by atoms with E-state index in [4.69, 9.17) is 0 Å². The van der Waals surface area contributed by atoms with Gasteiger partial charge in [0.05, 0.1) is 0 Å². The first kappa shape index (κ1) is 13.3. The van der Waals surface area contributed by atoms with Gasteiger partial charge in [-0.25, -0.2) is 0 Å². The first-order chi connectivity index (χ1) is 8.25. The second-order valence-electron chi connectivity index (χ2n) is 6.02. The van der Waals surface area contributed by atoms with E-state index in [2.05, 4.69) is 29.1 Å². The van der Waals surface area contributed by atoms with E-state index in [9.17, 15) is 0 Å². The van der Waals surface area contributed by atoms with E-state index in [-0.39, 0.29) is 0 Å². The zero-order chi connectivity index (χ0) is 12.1. The van der Waals surface area contributed by atoms with Crippen LogP contribution in [0.1, 0.15) is 26.2 Å².